The zero-order chi connectivity index (χ0) is 22.0. The molecule has 3 aromatic rings. The van der Waals surface area contributed by atoms with Crippen molar-refractivity contribution < 1.29 is 28.5 Å². The van der Waals surface area contributed by atoms with E-state index in [1.165, 1.54) is 14.2 Å². The van der Waals surface area contributed by atoms with Gasteiger partial charge in [0.1, 0.15) is 23.0 Å². The summed E-state index contributed by atoms with van der Waals surface area (Å²) >= 11 is 0. The zero-order valence-corrected chi connectivity index (χ0v) is 17.4. The highest BCUT2D eigenvalue weighted by Gasteiger charge is 2.28. The normalized spacial score (nSPS) is 13.6. The van der Waals surface area contributed by atoms with Crippen molar-refractivity contribution >= 4 is 17.6 Å². The molecular weight excluding hydrogens is 398 g/mol. The maximum atomic E-state index is 12.7. The predicted octanol–water partition coefficient (Wildman–Crippen LogP) is 3.92. The summed E-state index contributed by atoms with van der Waals surface area (Å²) < 4.78 is 23.7. The van der Waals surface area contributed by atoms with Crippen molar-refractivity contribution in [1.29, 1.82) is 0 Å². The highest BCUT2D eigenvalue weighted by Crippen LogP contribution is 2.35. The monoisotopic (exact) mass is 419 g/mol. The number of hydrogen-bond donors (Lipinski definition) is 0. The third-order valence-corrected chi connectivity index (χ3v) is 4.98. The molecule has 0 spiro atoms. The van der Waals surface area contributed by atoms with Gasteiger partial charge in [0.2, 0.25) is 11.6 Å². The van der Waals surface area contributed by atoms with Crippen molar-refractivity contribution in [2.75, 3.05) is 20.8 Å². The summed E-state index contributed by atoms with van der Waals surface area (Å²) in [6.07, 6.45) is 3.58. The molecule has 0 amide bonds. The third kappa shape index (κ3) is 4.02. The van der Waals surface area contributed by atoms with Crippen LogP contribution in [0.3, 0.4) is 0 Å². The van der Waals surface area contributed by atoms with Gasteiger partial charge in [-0.05, 0) is 42.5 Å². The van der Waals surface area contributed by atoms with Gasteiger partial charge in [0.05, 0.1) is 25.3 Å². The van der Waals surface area contributed by atoms with Crippen molar-refractivity contribution in [2.45, 2.75) is 0 Å². The number of nitrogens with zero attached hydrogens (tertiary/aromatic N) is 1. The summed E-state index contributed by atoms with van der Waals surface area (Å²) in [5.41, 5.74) is 1.67. The van der Waals surface area contributed by atoms with E-state index in [2.05, 4.69) is 0 Å². The molecule has 1 aromatic heterocycles. The predicted molar refractivity (Wildman–Crippen MR) is 114 cm³/mol. The number of allylic oxidation sites excluding steroid dienone is 1. The van der Waals surface area contributed by atoms with Crippen LogP contribution in [-0.2, 0) is 7.05 Å². The maximum absolute atomic E-state index is 12.7. The quantitative estimate of drug-likeness (QED) is 0.427. The molecular formula is C24H21NO6. The number of aromatic nitrogens is 1. The first-order valence-electron chi connectivity index (χ1n) is 9.58. The van der Waals surface area contributed by atoms with E-state index in [-0.39, 0.29) is 23.9 Å². The summed E-state index contributed by atoms with van der Waals surface area (Å²) in [6.45, 7) is -0.206. The Morgan fingerprint density at radius 1 is 1.06 bits per heavy atom. The molecule has 1 aliphatic rings. The van der Waals surface area contributed by atoms with Gasteiger partial charge >= 0.3 is 0 Å². The van der Waals surface area contributed by atoms with Crippen LogP contribution in [0.25, 0.3) is 6.08 Å². The van der Waals surface area contributed by atoms with E-state index in [1.54, 1.807) is 42.5 Å². The van der Waals surface area contributed by atoms with Gasteiger partial charge < -0.3 is 23.5 Å². The summed E-state index contributed by atoms with van der Waals surface area (Å²) in [6, 6.07) is 13.6. The molecule has 0 atom stereocenters. The summed E-state index contributed by atoms with van der Waals surface area (Å²) in [7, 11) is 4.91. The summed E-state index contributed by atoms with van der Waals surface area (Å²) in [5, 5.41) is 0. The van der Waals surface area contributed by atoms with Gasteiger partial charge in [-0.1, -0.05) is 0 Å². The first-order valence-corrected chi connectivity index (χ1v) is 9.58. The molecule has 0 aliphatic carbocycles. The van der Waals surface area contributed by atoms with E-state index in [0.717, 1.165) is 5.69 Å². The fourth-order valence-electron chi connectivity index (χ4n) is 3.27. The zero-order valence-electron chi connectivity index (χ0n) is 17.4. The number of fused-ring (bicyclic) bond motifs is 1. The van der Waals surface area contributed by atoms with E-state index in [9.17, 15) is 9.59 Å². The lowest BCUT2D eigenvalue weighted by Gasteiger charge is -2.11. The number of Topliss-reactive ketones (excluding diaryl/α,β-unsaturated/α-hetero) is 2. The number of benzene rings is 2. The molecule has 1 aliphatic heterocycles. The Kier molecular flexibility index (Phi) is 5.49. The second kappa shape index (κ2) is 8.39. The van der Waals surface area contributed by atoms with Crippen LogP contribution in [-0.4, -0.2) is 37.0 Å². The Morgan fingerprint density at radius 3 is 2.58 bits per heavy atom. The lowest BCUT2D eigenvalue weighted by Crippen LogP contribution is -2.13. The fourth-order valence-corrected chi connectivity index (χ4v) is 3.27. The van der Waals surface area contributed by atoms with Gasteiger partial charge in [-0.25, -0.2) is 0 Å². The van der Waals surface area contributed by atoms with Gasteiger partial charge in [0.25, 0.3) is 0 Å². The van der Waals surface area contributed by atoms with Crippen LogP contribution in [0.15, 0.2) is 60.5 Å². The minimum Gasteiger partial charge on any atom is -0.497 e. The van der Waals surface area contributed by atoms with Crippen molar-refractivity contribution in [3.63, 3.8) is 0 Å². The van der Waals surface area contributed by atoms with Crippen molar-refractivity contribution in [3.8, 4) is 23.0 Å². The van der Waals surface area contributed by atoms with Crippen molar-refractivity contribution in [1.82, 2.24) is 4.57 Å². The molecule has 0 saturated carbocycles. The molecule has 158 valence electrons. The first kappa shape index (κ1) is 20.3. The van der Waals surface area contributed by atoms with Crippen LogP contribution in [0, 0.1) is 0 Å². The Morgan fingerprint density at radius 2 is 1.87 bits per heavy atom. The average Bonchev–Trinajstić information content (AvgIpc) is 3.33. The second-order valence-corrected chi connectivity index (χ2v) is 6.92. The molecule has 0 N–H and O–H groups in total. The highest BCUT2D eigenvalue weighted by molar-refractivity contribution is 6.14. The van der Waals surface area contributed by atoms with E-state index in [1.807, 2.05) is 29.9 Å². The van der Waals surface area contributed by atoms with E-state index < -0.39 is 0 Å². The second-order valence-electron chi connectivity index (χ2n) is 6.92. The molecule has 0 saturated heterocycles. The fraction of sp³-hybridized carbons (Fsp3) is 0.167. The number of ketones is 2. The number of rotatable bonds is 7. The Hall–Kier alpha value is -4.00. The minimum atomic E-state index is -0.266. The van der Waals surface area contributed by atoms with Crippen LogP contribution in [0.5, 0.6) is 23.0 Å². The molecule has 4 rings (SSSR count). The van der Waals surface area contributed by atoms with Gasteiger partial charge in [0, 0.05) is 31.1 Å². The number of aryl methyl sites for hydroxylation is 1. The largest absolute Gasteiger partial charge is 0.497 e. The smallest absolute Gasteiger partial charge is 0.232 e. The lowest BCUT2D eigenvalue weighted by molar-refractivity contribution is 0.0917. The van der Waals surface area contributed by atoms with Gasteiger partial charge in [-0.3, -0.25) is 9.59 Å². The molecule has 7 nitrogen and oxygen atoms in total. The molecule has 31 heavy (non-hydrogen) atoms. The Balaban J connectivity index is 1.49. The van der Waals surface area contributed by atoms with Crippen molar-refractivity contribution in [3.05, 3.63) is 77.3 Å². The number of carbonyl (C=O) groups is 2. The molecule has 0 fully saturated rings. The van der Waals surface area contributed by atoms with Crippen LogP contribution < -0.4 is 18.9 Å². The standard InChI is InChI=1S/C24H21NO6/c1-25-10-4-5-15(25)11-23-24(27)18-8-6-17(13-22(18)31-23)30-14-20(26)19-12-16(28-2)7-9-21(19)29-3/h4-13H,14H2,1-3H3/b23-11+. The lowest BCUT2D eigenvalue weighted by atomic mass is 10.1. The number of carbonyl (C=O) groups excluding carboxylic acids is 2. The molecule has 7 heteroatoms. The van der Waals surface area contributed by atoms with Gasteiger partial charge in [0.15, 0.2) is 12.4 Å². The summed E-state index contributed by atoms with van der Waals surface area (Å²) in [5.74, 6) is 1.58. The number of methoxy groups -OCH3 is 2. The molecule has 0 radical (unpaired) electrons. The molecule has 2 aromatic carbocycles. The summed E-state index contributed by atoms with van der Waals surface area (Å²) in [4.78, 5) is 25.3. The number of ether oxygens (including phenoxy) is 4. The topological polar surface area (TPSA) is 76.0 Å². The maximum Gasteiger partial charge on any atom is 0.232 e. The van der Waals surface area contributed by atoms with E-state index in [4.69, 9.17) is 18.9 Å². The first-order chi connectivity index (χ1) is 15.0. The minimum absolute atomic E-state index is 0.194. The molecule has 0 bridgehead atoms. The highest BCUT2D eigenvalue weighted by atomic mass is 16.5. The number of hydrogen-bond acceptors (Lipinski definition) is 6. The van der Waals surface area contributed by atoms with Crippen LogP contribution >= 0.6 is 0 Å². The van der Waals surface area contributed by atoms with Crippen LogP contribution in [0.1, 0.15) is 26.4 Å². The van der Waals surface area contributed by atoms with Crippen LogP contribution in [0.2, 0.25) is 0 Å². The molecule has 2 heterocycles. The molecule has 0 unspecified atom stereocenters. The van der Waals surface area contributed by atoms with E-state index >= 15 is 0 Å². The van der Waals surface area contributed by atoms with E-state index in [0.29, 0.717) is 34.1 Å². The SMILES string of the molecule is COc1ccc(OC)c(C(=O)COc2ccc3c(c2)O/C(=C/c2cccn2C)C3=O)c1. The average molecular weight is 419 g/mol. The van der Waals surface area contributed by atoms with Crippen LogP contribution in [0.4, 0.5) is 0 Å². The Bertz CT molecular complexity index is 1190. The van der Waals surface area contributed by atoms with Crippen molar-refractivity contribution in [2.24, 2.45) is 7.05 Å². The van der Waals surface area contributed by atoms with Gasteiger partial charge in [-0.2, -0.15) is 0 Å². The Labute approximate surface area is 179 Å². The van der Waals surface area contributed by atoms with Gasteiger partial charge in [-0.15, -0.1) is 0 Å². The third-order valence-electron chi connectivity index (χ3n) is 4.98.